The molecule has 1 N–H and O–H groups in total. The number of nitrogens with zero attached hydrogens (tertiary/aromatic N) is 3. The molecule has 1 saturated heterocycles. The molecule has 1 aliphatic heterocycles. The van der Waals surface area contributed by atoms with E-state index >= 15 is 0 Å². The lowest BCUT2D eigenvalue weighted by Gasteiger charge is -2.37. The molecule has 0 spiro atoms. The summed E-state index contributed by atoms with van der Waals surface area (Å²) in [5.74, 6) is -0.127. The van der Waals surface area contributed by atoms with Gasteiger partial charge in [0, 0.05) is 45.5 Å². The van der Waals surface area contributed by atoms with E-state index in [-0.39, 0.29) is 17.3 Å². The predicted octanol–water partition coefficient (Wildman–Crippen LogP) is 3.43. The SMILES string of the molecule is CN1CCN(C(C(=O)Nc2ccc(S(=O)(=O)N(C)Cc3ccccc3)cc2)c2ccccc2)CC1. The molecule has 3 aromatic carbocycles. The molecule has 35 heavy (non-hydrogen) atoms. The first-order valence-electron chi connectivity index (χ1n) is 11.7. The van der Waals surface area contributed by atoms with E-state index in [0.29, 0.717) is 5.69 Å². The van der Waals surface area contributed by atoms with Crippen LogP contribution in [0.1, 0.15) is 17.2 Å². The van der Waals surface area contributed by atoms with Crippen molar-refractivity contribution in [2.45, 2.75) is 17.5 Å². The molecule has 184 valence electrons. The molecule has 1 heterocycles. The van der Waals surface area contributed by atoms with Gasteiger partial charge in [0.15, 0.2) is 0 Å². The van der Waals surface area contributed by atoms with Crippen LogP contribution < -0.4 is 5.32 Å². The van der Waals surface area contributed by atoms with E-state index in [9.17, 15) is 13.2 Å². The van der Waals surface area contributed by atoms with E-state index in [2.05, 4.69) is 22.2 Å². The number of sulfonamides is 1. The minimum absolute atomic E-state index is 0.127. The van der Waals surface area contributed by atoms with Crippen molar-refractivity contribution in [2.24, 2.45) is 0 Å². The third-order valence-corrected chi connectivity index (χ3v) is 8.16. The lowest BCUT2D eigenvalue weighted by molar-refractivity contribution is -0.122. The minimum Gasteiger partial charge on any atom is -0.324 e. The molecule has 0 bridgehead atoms. The normalized spacial score (nSPS) is 16.2. The molecular formula is C27H32N4O3S. The molecule has 8 heteroatoms. The standard InChI is InChI=1S/C27H32N4O3S/c1-29-17-19-31(20-18-29)26(23-11-7-4-8-12-23)27(32)28-24-13-15-25(16-14-24)35(33,34)30(2)21-22-9-5-3-6-10-22/h3-16,26H,17-21H2,1-2H3,(H,28,32). The van der Waals surface area contributed by atoms with Crippen LogP contribution in [0.5, 0.6) is 0 Å². The summed E-state index contributed by atoms with van der Waals surface area (Å²) in [4.78, 5) is 18.0. The van der Waals surface area contributed by atoms with Gasteiger partial charge in [0.05, 0.1) is 4.90 Å². The molecule has 0 saturated carbocycles. The molecule has 0 aliphatic carbocycles. The number of carbonyl (C=O) groups excluding carboxylic acids is 1. The molecule has 3 aromatic rings. The van der Waals surface area contributed by atoms with E-state index in [4.69, 9.17) is 0 Å². The number of hydrogen-bond donors (Lipinski definition) is 1. The van der Waals surface area contributed by atoms with Crippen molar-refractivity contribution in [1.82, 2.24) is 14.1 Å². The zero-order valence-electron chi connectivity index (χ0n) is 20.2. The number of hydrogen-bond acceptors (Lipinski definition) is 5. The molecule has 0 aromatic heterocycles. The summed E-state index contributed by atoms with van der Waals surface area (Å²) in [7, 11) is -0.00321. The number of benzene rings is 3. The van der Waals surface area contributed by atoms with Gasteiger partial charge < -0.3 is 10.2 Å². The highest BCUT2D eigenvalue weighted by molar-refractivity contribution is 7.89. The van der Waals surface area contributed by atoms with Crippen molar-refractivity contribution in [3.8, 4) is 0 Å². The van der Waals surface area contributed by atoms with Crippen LogP contribution in [0.4, 0.5) is 5.69 Å². The van der Waals surface area contributed by atoms with Crippen LogP contribution >= 0.6 is 0 Å². The Bertz CT molecular complexity index is 1210. The largest absolute Gasteiger partial charge is 0.324 e. The van der Waals surface area contributed by atoms with Gasteiger partial charge in [0.1, 0.15) is 6.04 Å². The first-order valence-corrected chi connectivity index (χ1v) is 13.2. The van der Waals surface area contributed by atoms with Crippen molar-refractivity contribution in [1.29, 1.82) is 0 Å². The Hall–Kier alpha value is -3.04. The average molecular weight is 493 g/mol. The van der Waals surface area contributed by atoms with Crippen LogP contribution in [-0.2, 0) is 21.4 Å². The predicted molar refractivity (Wildman–Crippen MR) is 138 cm³/mol. The summed E-state index contributed by atoms with van der Waals surface area (Å²) < 4.78 is 27.4. The van der Waals surface area contributed by atoms with Gasteiger partial charge >= 0.3 is 0 Å². The molecule has 1 fully saturated rings. The van der Waals surface area contributed by atoms with Gasteiger partial charge in [-0.1, -0.05) is 60.7 Å². The van der Waals surface area contributed by atoms with Gasteiger partial charge in [-0.05, 0) is 42.4 Å². The van der Waals surface area contributed by atoms with Gasteiger partial charge in [0.2, 0.25) is 15.9 Å². The summed E-state index contributed by atoms with van der Waals surface area (Å²) >= 11 is 0. The zero-order valence-corrected chi connectivity index (χ0v) is 21.0. The summed E-state index contributed by atoms with van der Waals surface area (Å²) in [6.07, 6.45) is 0. The maximum absolute atomic E-state index is 13.4. The second-order valence-electron chi connectivity index (χ2n) is 8.91. The maximum Gasteiger partial charge on any atom is 0.246 e. The van der Waals surface area contributed by atoms with Crippen molar-refractivity contribution in [3.05, 3.63) is 96.1 Å². The van der Waals surface area contributed by atoms with Crippen LogP contribution in [0, 0.1) is 0 Å². The Kier molecular flexibility index (Phi) is 7.97. The smallest absolute Gasteiger partial charge is 0.246 e. The summed E-state index contributed by atoms with van der Waals surface area (Å²) in [5, 5.41) is 2.99. The number of amides is 1. The monoisotopic (exact) mass is 492 g/mol. The summed E-state index contributed by atoms with van der Waals surface area (Å²) in [6, 6.07) is 25.2. The number of rotatable bonds is 8. The Morgan fingerprint density at radius 2 is 1.46 bits per heavy atom. The fraction of sp³-hybridized carbons (Fsp3) is 0.296. The Morgan fingerprint density at radius 3 is 2.06 bits per heavy atom. The van der Waals surface area contributed by atoms with Crippen molar-refractivity contribution < 1.29 is 13.2 Å². The highest BCUT2D eigenvalue weighted by atomic mass is 32.2. The van der Waals surface area contributed by atoms with Gasteiger partial charge in [-0.25, -0.2) is 8.42 Å². The third kappa shape index (κ3) is 6.15. The molecular weight excluding hydrogens is 460 g/mol. The lowest BCUT2D eigenvalue weighted by Crippen LogP contribution is -2.48. The Morgan fingerprint density at radius 1 is 0.886 bits per heavy atom. The van der Waals surface area contributed by atoms with Crippen LogP contribution in [0.15, 0.2) is 89.8 Å². The molecule has 1 unspecified atom stereocenters. The number of likely N-dealkylation sites (N-methyl/N-ethyl adjacent to an activating group) is 1. The average Bonchev–Trinajstić information content (AvgIpc) is 2.87. The van der Waals surface area contributed by atoms with Crippen molar-refractivity contribution in [2.75, 3.05) is 45.6 Å². The van der Waals surface area contributed by atoms with Crippen LogP contribution in [0.3, 0.4) is 0 Å². The second kappa shape index (κ2) is 11.1. The van der Waals surface area contributed by atoms with Crippen LogP contribution in [0.2, 0.25) is 0 Å². The highest BCUT2D eigenvalue weighted by Crippen LogP contribution is 2.25. The topological polar surface area (TPSA) is 73.0 Å². The Labute approximate surface area is 208 Å². The number of anilines is 1. The van der Waals surface area contributed by atoms with Gasteiger partial charge in [-0.3, -0.25) is 9.69 Å². The lowest BCUT2D eigenvalue weighted by atomic mass is 10.0. The number of piperazine rings is 1. The van der Waals surface area contributed by atoms with E-state index in [0.717, 1.165) is 37.3 Å². The first kappa shape index (κ1) is 25.1. The fourth-order valence-corrected chi connectivity index (χ4v) is 5.43. The molecule has 4 rings (SSSR count). The molecule has 1 atom stereocenters. The molecule has 0 radical (unpaired) electrons. The second-order valence-corrected chi connectivity index (χ2v) is 11.0. The Balaban J connectivity index is 1.48. The minimum atomic E-state index is -3.66. The fourth-order valence-electron chi connectivity index (χ4n) is 4.27. The maximum atomic E-state index is 13.4. The number of carbonyl (C=O) groups is 1. The van der Waals surface area contributed by atoms with E-state index in [1.54, 1.807) is 31.3 Å². The molecule has 7 nitrogen and oxygen atoms in total. The summed E-state index contributed by atoms with van der Waals surface area (Å²) in [6.45, 7) is 3.69. The van der Waals surface area contributed by atoms with Crippen molar-refractivity contribution in [3.63, 3.8) is 0 Å². The highest BCUT2D eigenvalue weighted by Gasteiger charge is 2.30. The van der Waals surface area contributed by atoms with Gasteiger partial charge in [0.25, 0.3) is 0 Å². The number of nitrogens with one attached hydrogen (secondary N) is 1. The molecule has 1 amide bonds. The zero-order chi connectivity index (χ0) is 24.8. The van der Waals surface area contributed by atoms with Crippen LogP contribution in [-0.4, -0.2) is 68.7 Å². The van der Waals surface area contributed by atoms with Gasteiger partial charge in [-0.15, -0.1) is 0 Å². The van der Waals surface area contributed by atoms with E-state index < -0.39 is 16.1 Å². The first-order chi connectivity index (χ1) is 16.8. The van der Waals surface area contributed by atoms with E-state index in [1.165, 1.54) is 4.31 Å². The van der Waals surface area contributed by atoms with E-state index in [1.807, 2.05) is 60.7 Å². The van der Waals surface area contributed by atoms with Crippen LogP contribution in [0.25, 0.3) is 0 Å². The van der Waals surface area contributed by atoms with Crippen molar-refractivity contribution >= 4 is 21.6 Å². The molecule has 1 aliphatic rings. The quantitative estimate of drug-likeness (QED) is 0.522. The third-order valence-electron chi connectivity index (χ3n) is 6.34. The summed E-state index contributed by atoms with van der Waals surface area (Å²) in [5.41, 5.74) is 2.42. The van der Waals surface area contributed by atoms with Gasteiger partial charge in [-0.2, -0.15) is 4.31 Å².